The molecular formula is C18H13ClO5. The molecular weight excluding hydrogens is 332 g/mol. The number of aryl methyl sites for hydroxylation is 1. The van der Waals surface area contributed by atoms with Gasteiger partial charge in [-0.15, -0.1) is 0 Å². The molecule has 0 saturated heterocycles. The van der Waals surface area contributed by atoms with E-state index in [-0.39, 0.29) is 5.43 Å². The third-order valence-corrected chi connectivity index (χ3v) is 3.83. The monoisotopic (exact) mass is 344 g/mol. The molecule has 0 aliphatic heterocycles. The lowest BCUT2D eigenvalue weighted by Gasteiger charge is -2.10. The van der Waals surface area contributed by atoms with Gasteiger partial charge in [-0.25, -0.2) is 4.79 Å². The fraction of sp³-hybridized carbons (Fsp3) is 0.111. The zero-order valence-corrected chi connectivity index (χ0v) is 13.5. The van der Waals surface area contributed by atoms with E-state index in [1.165, 1.54) is 6.07 Å². The first-order valence-electron chi connectivity index (χ1n) is 7.13. The second-order valence-electron chi connectivity index (χ2n) is 5.25. The second kappa shape index (κ2) is 6.37. The SMILES string of the molecule is Cc1ccc(-c2cc(=O)c3cccc(Cl)c3o2)cc1OCC(=O)O. The Bertz CT molecular complexity index is 990. The first kappa shape index (κ1) is 16.1. The van der Waals surface area contributed by atoms with E-state index in [1.54, 1.807) is 43.3 Å². The summed E-state index contributed by atoms with van der Waals surface area (Å²) in [4.78, 5) is 22.9. The number of carbonyl (C=O) groups is 1. The van der Waals surface area contributed by atoms with Gasteiger partial charge in [0.2, 0.25) is 0 Å². The predicted molar refractivity (Wildman–Crippen MR) is 90.8 cm³/mol. The van der Waals surface area contributed by atoms with Crippen molar-refractivity contribution < 1.29 is 19.1 Å². The summed E-state index contributed by atoms with van der Waals surface area (Å²) in [5.74, 6) is -0.318. The van der Waals surface area contributed by atoms with E-state index in [9.17, 15) is 9.59 Å². The Morgan fingerprint density at radius 2 is 2.04 bits per heavy atom. The number of halogens is 1. The van der Waals surface area contributed by atoms with E-state index in [4.69, 9.17) is 25.9 Å². The molecule has 5 nitrogen and oxygen atoms in total. The van der Waals surface area contributed by atoms with E-state index in [2.05, 4.69) is 0 Å². The summed E-state index contributed by atoms with van der Waals surface area (Å²) in [6, 6.07) is 11.5. The molecule has 0 aliphatic carbocycles. The van der Waals surface area contributed by atoms with Gasteiger partial charge in [0.25, 0.3) is 0 Å². The van der Waals surface area contributed by atoms with Crippen molar-refractivity contribution in [2.75, 3.05) is 6.61 Å². The fourth-order valence-corrected chi connectivity index (χ4v) is 2.55. The summed E-state index contributed by atoms with van der Waals surface area (Å²) < 4.78 is 11.0. The standard InChI is InChI=1S/C18H13ClO5/c1-10-5-6-11(7-15(10)23-9-17(21)22)16-8-14(20)12-3-2-4-13(19)18(12)24-16/h2-8H,9H2,1H3,(H,21,22). The van der Waals surface area contributed by atoms with Crippen LogP contribution in [0.3, 0.4) is 0 Å². The van der Waals surface area contributed by atoms with Crippen molar-refractivity contribution in [3.63, 3.8) is 0 Å². The molecule has 0 saturated carbocycles. The van der Waals surface area contributed by atoms with Crippen LogP contribution in [0.15, 0.2) is 51.7 Å². The highest BCUT2D eigenvalue weighted by atomic mass is 35.5. The molecule has 0 atom stereocenters. The fourth-order valence-electron chi connectivity index (χ4n) is 2.33. The van der Waals surface area contributed by atoms with Crippen LogP contribution in [-0.2, 0) is 4.79 Å². The van der Waals surface area contributed by atoms with Crippen LogP contribution in [0.4, 0.5) is 0 Å². The quantitative estimate of drug-likeness (QED) is 0.777. The van der Waals surface area contributed by atoms with Gasteiger partial charge in [-0.1, -0.05) is 29.8 Å². The molecule has 1 aromatic heterocycles. The highest BCUT2D eigenvalue weighted by Gasteiger charge is 2.11. The number of carboxylic acid groups (broad SMARTS) is 1. The van der Waals surface area contributed by atoms with E-state index in [0.29, 0.717) is 33.1 Å². The van der Waals surface area contributed by atoms with Crippen molar-refractivity contribution in [2.45, 2.75) is 6.92 Å². The van der Waals surface area contributed by atoms with Crippen LogP contribution in [0.1, 0.15) is 5.56 Å². The first-order valence-corrected chi connectivity index (χ1v) is 7.51. The van der Waals surface area contributed by atoms with Crippen LogP contribution in [0.25, 0.3) is 22.3 Å². The molecule has 3 aromatic rings. The van der Waals surface area contributed by atoms with E-state index >= 15 is 0 Å². The number of carboxylic acids is 1. The Kier molecular flexibility index (Phi) is 4.27. The van der Waals surface area contributed by atoms with Crippen LogP contribution in [0.2, 0.25) is 5.02 Å². The molecule has 0 spiro atoms. The third-order valence-electron chi connectivity index (χ3n) is 3.53. The van der Waals surface area contributed by atoms with E-state index in [1.807, 2.05) is 0 Å². The van der Waals surface area contributed by atoms with Crippen LogP contribution in [0.5, 0.6) is 5.75 Å². The maximum Gasteiger partial charge on any atom is 0.341 e. The van der Waals surface area contributed by atoms with Crippen molar-refractivity contribution in [2.24, 2.45) is 0 Å². The minimum atomic E-state index is -1.07. The van der Waals surface area contributed by atoms with Crippen LogP contribution in [-0.4, -0.2) is 17.7 Å². The summed E-state index contributed by atoms with van der Waals surface area (Å²) in [5, 5.41) is 9.49. The van der Waals surface area contributed by atoms with E-state index < -0.39 is 12.6 Å². The zero-order valence-electron chi connectivity index (χ0n) is 12.7. The molecule has 3 rings (SSSR count). The molecule has 0 radical (unpaired) electrons. The van der Waals surface area contributed by atoms with E-state index in [0.717, 1.165) is 5.56 Å². The molecule has 0 aliphatic rings. The number of benzene rings is 2. The smallest absolute Gasteiger partial charge is 0.341 e. The van der Waals surface area contributed by atoms with Gasteiger partial charge in [0.15, 0.2) is 17.6 Å². The molecule has 0 amide bonds. The van der Waals surface area contributed by atoms with Crippen molar-refractivity contribution in [1.82, 2.24) is 0 Å². The van der Waals surface area contributed by atoms with Gasteiger partial charge in [0.05, 0.1) is 10.4 Å². The van der Waals surface area contributed by atoms with Gasteiger partial charge in [-0.2, -0.15) is 0 Å². The average Bonchev–Trinajstić information content (AvgIpc) is 2.55. The molecule has 0 unspecified atom stereocenters. The lowest BCUT2D eigenvalue weighted by molar-refractivity contribution is -0.139. The predicted octanol–water partition coefficient (Wildman–Crippen LogP) is 3.89. The lowest BCUT2D eigenvalue weighted by Crippen LogP contribution is -2.10. The van der Waals surface area contributed by atoms with Crippen molar-refractivity contribution >= 4 is 28.5 Å². The number of para-hydroxylation sites is 1. The van der Waals surface area contributed by atoms with Gasteiger partial charge >= 0.3 is 5.97 Å². The molecule has 1 heterocycles. The van der Waals surface area contributed by atoms with Crippen molar-refractivity contribution in [1.29, 1.82) is 0 Å². The summed E-state index contributed by atoms with van der Waals surface area (Å²) in [6.45, 7) is 1.35. The Labute approximate surface area is 142 Å². The molecule has 1 N–H and O–H groups in total. The molecule has 6 heteroatoms. The highest BCUT2D eigenvalue weighted by molar-refractivity contribution is 6.34. The number of hydrogen-bond donors (Lipinski definition) is 1. The normalized spacial score (nSPS) is 10.8. The van der Waals surface area contributed by atoms with Crippen molar-refractivity contribution in [3.05, 3.63) is 63.3 Å². The van der Waals surface area contributed by atoms with Gasteiger partial charge in [0.1, 0.15) is 11.5 Å². The molecule has 0 bridgehead atoms. The average molecular weight is 345 g/mol. The minimum Gasteiger partial charge on any atom is -0.482 e. The molecule has 122 valence electrons. The van der Waals surface area contributed by atoms with Gasteiger partial charge in [-0.05, 0) is 30.7 Å². The molecule has 2 aromatic carbocycles. The Hall–Kier alpha value is -2.79. The number of fused-ring (bicyclic) bond motifs is 1. The molecule has 0 fully saturated rings. The van der Waals surface area contributed by atoms with Crippen molar-refractivity contribution in [3.8, 4) is 17.1 Å². The number of hydrogen-bond acceptors (Lipinski definition) is 4. The minimum absolute atomic E-state index is 0.206. The highest BCUT2D eigenvalue weighted by Crippen LogP contribution is 2.30. The summed E-state index contributed by atoms with van der Waals surface area (Å²) >= 11 is 6.11. The van der Waals surface area contributed by atoms with Crippen LogP contribution < -0.4 is 10.2 Å². The zero-order chi connectivity index (χ0) is 17.3. The van der Waals surface area contributed by atoms with Crippen LogP contribution >= 0.6 is 11.6 Å². The Morgan fingerprint density at radius 3 is 2.79 bits per heavy atom. The van der Waals surface area contributed by atoms with Gasteiger partial charge < -0.3 is 14.3 Å². The number of ether oxygens (including phenoxy) is 1. The Balaban J connectivity index is 2.10. The number of aliphatic carboxylic acids is 1. The topological polar surface area (TPSA) is 76.7 Å². The number of rotatable bonds is 4. The van der Waals surface area contributed by atoms with Gasteiger partial charge in [0, 0.05) is 11.6 Å². The largest absolute Gasteiger partial charge is 0.482 e. The third kappa shape index (κ3) is 3.12. The van der Waals surface area contributed by atoms with Crippen LogP contribution in [0, 0.1) is 6.92 Å². The maximum absolute atomic E-state index is 12.3. The van der Waals surface area contributed by atoms with Gasteiger partial charge in [-0.3, -0.25) is 4.79 Å². The molecule has 24 heavy (non-hydrogen) atoms. The Morgan fingerprint density at radius 1 is 1.25 bits per heavy atom. The first-order chi connectivity index (χ1) is 11.5. The summed E-state index contributed by atoms with van der Waals surface area (Å²) in [7, 11) is 0. The second-order valence-corrected chi connectivity index (χ2v) is 5.66. The maximum atomic E-state index is 12.3. The summed E-state index contributed by atoms with van der Waals surface area (Å²) in [6.07, 6.45) is 0. The summed E-state index contributed by atoms with van der Waals surface area (Å²) in [5.41, 5.74) is 1.48. The lowest BCUT2D eigenvalue weighted by atomic mass is 10.1.